The molecule has 0 radical (unpaired) electrons. The number of carboxylic acid groups (broad SMARTS) is 2. The summed E-state index contributed by atoms with van der Waals surface area (Å²) in [5.74, 6) is -7.32. The van der Waals surface area contributed by atoms with E-state index in [0.717, 1.165) is 16.9 Å². The zero-order valence-corrected chi connectivity index (χ0v) is 16.5. The van der Waals surface area contributed by atoms with Crippen molar-refractivity contribution in [3.05, 3.63) is 35.8 Å². The minimum atomic E-state index is -5.08. The highest BCUT2D eigenvalue weighted by Crippen LogP contribution is 2.35. The molecule has 31 heavy (non-hydrogen) atoms. The summed E-state index contributed by atoms with van der Waals surface area (Å²) in [5.41, 5.74) is 2.64. The molecular formula is C19H22F5N3O4. The number of carbonyl (C=O) groups is 2. The normalized spacial score (nSPS) is 21.1. The van der Waals surface area contributed by atoms with Crippen molar-refractivity contribution in [1.29, 1.82) is 0 Å². The molecule has 0 unspecified atom stereocenters. The highest BCUT2D eigenvalue weighted by atomic mass is 19.4. The lowest BCUT2D eigenvalue weighted by molar-refractivity contribution is -0.192. The maximum absolute atomic E-state index is 14.3. The number of rotatable bonds is 4. The lowest BCUT2D eigenvalue weighted by Gasteiger charge is -2.25. The molecule has 12 heteroatoms. The maximum atomic E-state index is 14.3. The van der Waals surface area contributed by atoms with Gasteiger partial charge in [0.25, 0.3) is 5.92 Å². The lowest BCUT2D eigenvalue weighted by atomic mass is 10.0. The number of aromatic nitrogens is 2. The largest absolute Gasteiger partial charge is 0.490 e. The molecule has 0 spiro atoms. The Kier molecular flexibility index (Phi) is 7.58. The summed E-state index contributed by atoms with van der Waals surface area (Å²) in [6, 6.07) is 2.82. The molecule has 2 atom stereocenters. The molecule has 1 saturated carbocycles. The Balaban J connectivity index is 0.000000423. The molecule has 172 valence electrons. The Hall–Kier alpha value is -2.76. The molecule has 0 aromatic carbocycles. The Bertz CT molecular complexity index is 929. The molecule has 3 rings (SSSR count). The fraction of sp³-hybridized carbons (Fsp3) is 0.526. The molecule has 2 aromatic heterocycles. The van der Waals surface area contributed by atoms with Crippen molar-refractivity contribution in [2.24, 2.45) is 5.92 Å². The van der Waals surface area contributed by atoms with Crippen LogP contribution >= 0.6 is 0 Å². The maximum Gasteiger partial charge on any atom is 0.490 e. The molecule has 0 amide bonds. The summed E-state index contributed by atoms with van der Waals surface area (Å²) in [4.78, 5) is 24.2. The number of nitrogens with zero attached hydrogens (tertiary/aromatic N) is 2. The number of hydrogen-bond donors (Lipinski definition) is 3. The van der Waals surface area contributed by atoms with Gasteiger partial charge in [0.2, 0.25) is 0 Å². The van der Waals surface area contributed by atoms with E-state index in [-0.39, 0.29) is 25.8 Å². The van der Waals surface area contributed by atoms with Crippen LogP contribution in [0, 0.1) is 12.8 Å². The Morgan fingerprint density at radius 3 is 2.45 bits per heavy atom. The molecule has 1 fully saturated rings. The van der Waals surface area contributed by atoms with Crippen LogP contribution in [-0.2, 0) is 16.1 Å². The first-order chi connectivity index (χ1) is 14.3. The third-order valence-corrected chi connectivity index (χ3v) is 4.99. The Morgan fingerprint density at radius 2 is 1.87 bits per heavy atom. The van der Waals surface area contributed by atoms with E-state index in [9.17, 15) is 26.7 Å². The first kappa shape index (κ1) is 24.5. The summed E-state index contributed by atoms with van der Waals surface area (Å²) in [7, 11) is 0. The van der Waals surface area contributed by atoms with Gasteiger partial charge in [-0.25, -0.2) is 18.6 Å². The third kappa shape index (κ3) is 6.61. The van der Waals surface area contributed by atoms with E-state index in [0.29, 0.717) is 0 Å². The van der Waals surface area contributed by atoms with Gasteiger partial charge in [0.15, 0.2) is 0 Å². The highest BCUT2D eigenvalue weighted by molar-refractivity contribution is 5.73. The van der Waals surface area contributed by atoms with Crippen molar-refractivity contribution in [2.75, 3.05) is 0 Å². The van der Waals surface area contributed by atoms with E-state index in [4.69, 9.17) is 15.0 Å². The first-order valence-corrected chi connectivity index (χ1v) is 9.38. The molecule has 3 N–H and O–H groups in total. The molecule has 2 aromatic rings. The van der Waals surface area contributed by atoms with E-state index in [1.54, 1.807) is 6.20 Å². The van der Waals surface area contributed by atoms with Crippen LogP contribution in [0.4, 0.5) is 22.0 Å². The van der Waals surface area contributed by atoms with Crippen molar-refractivity contribution < 1.29 is 41.8 Å². The lowest BCUT2D eigenvalue weighted by Crippen LogP contribution is -2.43. The van der Waals surface area contributed by atoms with Crippen LogP contribution in [0.1, 0.15) is 36.9 Å². The summed E-state index contributed by atoms with van der Waals surface area (Å²) in [6.07, 6.45) is -1.43. The zero-order valence-electron chi connectivity index (χ0n) is 16.5. The summed E-state index contributed by atoms with van der Waals surface area (Å²) >= 11 is 0. The number of halogens is 5. The molecule has 2 heterocycles. The van der Waals surface area contributed by atoms with E-state index in [1.165, 1.54) is 0 Å². The van der Waals surface area contributed by atoms with Crippen molar-refractivity contribution in [3.63, 3.8) is 0 Å². The van der Waals surface area contributed by atoms with Crippen LogP contribution < -0.4 is 5.32 Å². The average Bonchev–Trinajstić information content (AvgIpc) is 2.97. The standard InChI is InChI=1S/C17H21F2N3O2.C2HF3O2/c1-11-2-5-15-21-9-13(22(15)10-11)8-20-14-4-3-12(16(23)24)6-7-17(14,18)19;3-2(4,5)1(6)7/h2,5,9-10,12,14,20H,3-4,6-8H2,1H3,(H,23,24);(H,6,7)/t12-,14-;/m1./s1. The van der Waals surface area contributed by atoms with E-state index < -0.39 is 42.4 Å². The van der Waals surface area contributed by atoms with E-state index in [2.05, 4.69) is 10.3 Å². The Labute approximate surface area is 173 Å². The Morgan fingerprint density at radius 1 is 1.23 bits per heavy atom. The summed E-state index contributed by atoms with van der Waals surface area (Å²) in [6.45, 7) is 2.23. The van der Waals surface area contributed by atoms with Crippen LogP contribution in [0.5, 0.6) is 0 Å². The molecule has 0 saturated heterocycles. The second-order valence-corrected chi connectivity index (χ2v) is 7.33. The number of alkyl halides is 5. The molecule has 7 nitrogen and oxygen atoms in total. The smallest absolute Gasteiger partial charge is 0.481 e. The van der Waals surface area contributed by atoms with Crippen LogP contribution in [-0.4, -0.2) is 49.7 Å². The number of hydrogen-bond acceptors (Lipinski definition) is 4. The van der Waals surface area contributed by atoms with Crippen molar-refractivity contribution in [1.82, 2.24) is 14.7 Å². The quantitative estimate of drug-likeness (QED) is 0.484. The average molecular weight is 451 g/mol. The van der Waals surface area contributed by atoms with Gasteiger partial charge in [-0.15, -0.1) is 0 Å². The number of carboxylic acids is 2. The SMILES string of the molecule is Cc1ccc2ncc(CN[C@@H]3CC[C@@H](C(=O)O)CCC3(F)F)n2c1.O=C(O)C(F)(F)F. The number of aryl methyl sites for hydroxylation is 1. The van der Waals surface area contributed by atoms with Crippen LogP contribution in [0.3, 0.4) is 0 Å². The fourth-order valence-corrected chi connectivity index (χ4v) is 3.26. The molecule has 1 aliphatic rings. The van der Waals surface area contributed by atoms with Gasteiger partial charge in [-0.1, -0.05) is 6.07 Å². The fourth-order valence-electron chi connectivity index (χ4n) is 3.26. The third-order valence-electron chi connectivity index (χ3n) is 4.99. The number of nitrogens with one attached hydrogen (secondary N) is 1. The predicted molar refractivity (Wildman–Crippen MR) is 98.8 cm³/mol. The van der Waals surface area contributed by atoms with Crippen molar-refractivity contribution >= 4 is 17.6 Å². The molecular weight excluding hydrogens is 429 g/mol. The highest BCUT2D eigenvalue weighted by Gasteiger charge is 2.43. The minimum Gasteiger partial charge on any atom is -0.481 e. The van der Waals surface area contributed by atoms with Gasteiger partial charge >= 0.3 is 18.1 Å². The van der Waals surface area contributed by atoms with Crippen LogP contribution in [0.15, 0.2) is 24.5 Å². The number of aliphatic carboxylic acids is 2. The minimum absolute atomic E-state index is 0.0231. The van der Waals surface area contributed by atoms with E-state index in [1.807, 2.05) is 29.7 Å². The van der Waals surface area contributed by atoms with Crippen LogP contribution in [0.2, 0.25) is 0 Å². The molecule has 0 bridgehead atoms. The van der Waals surface area contributed by atoms with Crippen molar-refractivity contribution in [3.8, 4) is 0 Å². The van der Waals surface area contributed by atoms with Gasteiger partial charge in [0.1, 0.15) is 5.65 Å². The topological polar surface area (TPSA) is 104 Å². The van der Waals surface area contributed by atoms with Gasteiger partial charge in [-0.2, -0.15) is 13.2 Å². The van der Waals surface area contributed by atoms with Crippen molar-refractivity contribution in [2.45, 2.75) is 57.3 Å². The number of imidazole rings is 1. The molecule has 1 aliphatic carbocycles. The second kappa shape index (κ2) is 9.58. The summed E-state index contributed by atoms with van der Waals surface area (Å²) in [5, 5.41) is 19.1. The van der Waals surface area contributed by atoms with Crippen LogP contribution in [0.25, 0.3) is 5.65 Å². The number of fused-ring (bicyclic) bond motifs is 1. The van der Waals surface area contributed by atoms with Gasteiger partial charge in [-0.05, 0) is 37.8 Å². The van der Waals surface area contributed by atoms with Gasteiger partial charge in [-0.3, -0.25) is 4.79 Å². The predicted octanol–water partition coefficient (Wildman–Crippen LogP) is 3.64. The van der Waals surface area contributed by atoms with Gasteiger partial charge in [0, 0.05) is 19.2 Å². The first-order valence-electron chi connectivity index (χ1n) is 9.38. The summed E-state index contributed by atoms with van der Waals surface area (Å²) < 4.78 is 62.2. The van der Waals surface area contributed by atoms with Gasteiger partial charge < -0.3 is 19.9 Å². The number of pyridine rings is 1. The molecule has 0 aliphatic heterocycles. The van der Waals surface area contributed by atoms with E-state index >= 15 is 0 Å². The zero-order chi connectivity index (χ0) is 23.4. The second-order valence-electron chi connectivity index (χ2n) is 7.33. The monoisotopic (exact) mass is 451 g/mol. The van der Waals surface area contributed by atoms with Gasteiger partial charge in [0.05, 0.1) is 23.9 Å².